The van der Waals surface area contributed by atoms with Crippen molar-refractivity contribution in [2.24, 2.45) is 0 Å². The molecule has 0 saturated carbocycles. The summed E-state index contributed by atoms with van der Waals surface area (Å²) in [7, 11) is 0. The Kier molecular flexibility index (Phi) is 6.24. The average Bonchev–Trinajstić information content (AvgIpc) is 3.47. The molecule has 0 bridgehead atoms. The second kappa shape index (κ2) is 9.45. The topological polar surface area (TPSA) is 56.8 Å². The lowest BCUT2D eigenvalue weighted by Gasteiger charge is -2.36. The predicted octanol–water partition coefficient (Wildman–Crippen LogP) is 4.26. The smallest absolute Gasteiger partial charge is 0.264 e. The molecule has 0 unspecified atom stereocenters. The molecule has 1 aromatic heterocycles. The summed E-state index contributed by atoms with van der Waals surface area (Å²) in [5.74, 6) is -0.433. The Morgan fingerprint density at radius 1 is 0.970 bits per heavy atom. The summed E-state index contributed by atoms with van der Waals surface area (Å²) in [5.41, 5.74) is 3.31. The molecule has 33 heavy (non-hydrogen) atoms. The maximum Gasteiger partial charge on any atom is 0.264 e. The number of carbonyl (C=O) groups excluding carboxylic acids is 2. The van der Waals surface area contributed by atoms with Gasteiger partial charge in [0.05, 0.1) is 22.9 Å². The first-order valence-electron chi connectivity index (χ1n) is 11.5. The molecule has 1 atom stereocenters. The molecule has 170 valence electrons. The number of rotatable bonds is 7. The molecule has 0 spiro atoms. The van der Waals surface area contributed by atoms with E-state index in [1.54, 1.807) is 12.3 Å². The highest BCUT2D eigenvalue weighted by Gasteiger charge is 2.42. The summed E-state index contributed by atoms with van der Waals surface area (Å²) in [6.45, 7) is 6.57. The fourth-order valence-electron chi connectivity index (χ4n) is 4.82. The van der Waals surface area contributed by atoms with Gasteiger partial charge in [0.1, 0.15) is 5.01 Å². The fourth-order valence-corrected chi connectivity index (χ4v) is 5.50. The maximum absolute atomic E-state index is 13.4. The number of hydrogen-bond acceptors (Lipinski definition) is 6. The van der Waals surface area contributed by atoms with Crippen molar-refractivity contribution >= 4 is 28.8 Å². The van der Waals surface area contributed by atoms with Crippen molar-refractivity contribution in [3.05, 3.63) is 81.8 Å². The highest BCUT2D eigenvalue weighted by Crippen LogP contribution is 2.37. The number of hydrogen-bond donors (Lipinski definition) is 0. The molecule has 2 amide bonds. The molecule has 5 rings (SSSR count). The first-order chi connectivity index (χ1) is 16.1. The molecule has 1 saturated heterocycles. The molecular formula is C26H28N4O2S. The highest BCUT2D eigenvalue weighted by molar-refractivity contribution is 7.09. The molecule has 0 aliphatic carbocycles. The number of anilines is 1. The minimum atomic E-state index is -0.369. The van der Waals surface area contributed by atoms with E-state index in [1.807, 2.05) is 24.4 Å². The van der Waals surface area contributed by atoms with Crippen LogP contribution < -0.4 is 4.90 Å². The van der Waals surface area contributed by atoms with Crippen LogP contribution in [0.25, 0.3) is 0 Å². The normalized spacial score (nSPS) is 17.5. The van der Waals surface area contributed by atoms with E-state index in [0.717, 1.165) is 56.3 Å². The Balaban J connectivity index is 1.24. The zero-order valence-corrected chi connectivity index (χ0v) is 19.6. The summed E-state index contributed by atoms with van der Waals surface area (Å²) >= 11 is 1.46. The van der Waals surface area contributed by atoms with E-state index in [0.29, 0.717) is 11.1 Å². The SMILES string of the molecule is C[C@H](c1nccs1)N1C(=O)c2cccc(N3CCN(CCCc4ccccc4)CC3)c2C1=O. The van der Waals surface area contributed by atoms with Gasteiger partial charge in [0, 0.05) is 37.8 Å². The van der Waals surface area contributed by atoms with Gasteiger partial charge >= 0.3 is 0 Å². The van der Waals surface area contributed by atoms with Crippen LogP contribution in [0.2, 0.25) is 0 Å². The number of aryl methyl sites for hydroxylation is 1. The van der Waals surface area contributed by atoms with E-state index in [9.17, 15) is 9.59 Å². The van der Waals surface area contributed by atoms with Gasteiger partial charge in [-0.3, -0.25) is 19.4 Å². The summed E-state index contributed by atoms with van der Waals surface area (Å²) in [5, 5.41) is 2.64. The lowest BCUT2D eigenvalue weighted by atomic mass is 10.1. The second-order valence-electron chi connectivity index (χ2n) is 8.64. The Hall–Kier alpha value is -3.03. The quantitative estimate of drug-likeness (QED) is 0.493. The molecule has 2 aliphatic heterocycles. The Morgan fingerprint density at radius 3 is 2.48 bits per heavy atom. The number of piperazine rings is 1. The van der Waals surface area contributed by atoms with Gasteiger partial charge in [-0.1, -0.05) is 36.4 Å². The van der Waals surface area contributed by atoms with Crippen LogP contribution >= 0.6 is 11.3 Å². The summed E-state index contributed by atoms with van der Waals surface area (Å²) in [4.78, 5) is 36.9. The minimum absolute atomic E-state index is 0.210. The third-order valence-electron chi connectivity index (χ3n) is 6.62. The fraction of sp³-hybridized carbons (Fsp3) is 0.346. The molecule has 0 N–H and O–H groups in total. The van der Waals surface area contributed by atoms with Gasteiger partial charge in [-0.2, -0.15) is 0 Å². The zero-order chi connectivity index (χ0) is 22.8. The van der Waals surface area contributed by atoms with Crippen LogP contribution in [0.3, 0.4) is 0 Å². The van der Waals surface area contributed by atoms with Crippen molar-refractivity contribution in [2.75, 3.05) is 37.6 Å². The van der Waals surface area contributed by atoms with Crippen LogP contribution in [-0.4, -0.2) is 59.3 Å². The van der Waals surface area contributed by atoms with Crippen LogP contribution in [0.15, 0.2) is 60.1 Å². The van der Waals surface area contributed by atoms with Crippen molar-refractivity contribution < 1.29 is 9.59 Å². The van der Waals surface area contributed by atoms with Gasteiger partial charge in [-0.25, -0.2) is 4.98 Å². The largest absolute Gasteiger partial charge is 0.368 e. The van der Waals surface area contributed by atoms with Crippen molar-refractivity contribution in [3.8, 4) is 0 Å². The number of nitrogens with zero attached hydrogens (tertiary/aromatic N) is 4. The number of carbonyl (C=O) groups is 2. The van der Waals surface area contributed by atoms with Gasteiger partial charge in [-0.15, -0.1) is 11.3 Å². The Morgan fingerprint density at radius 2 is 1.76 bits per heavy atom. The number of aromatic nitrogens is 1. The van der Waals surface area contributed by atoms with Crippen molar-refractivity contribution in [1.82, 2.24) is 14.8 Å². The van der Waals surface area contributed by atoms with Crippen LogP contribution in [0.5, 0.6) is 0 Å². The highest BCUT2D eigenvalue weighted by atomic mass is 32.1. The number of benzene rings is 2. The Bertz CT molecular complexity index is 1120. The summed E-state index contributed by atoms with van der Waals surface area (Å²) in [6, 6.07) is 15.9. The van der Waals surface area contributed by atoms with Gasteiger partial charge in [-0.05, 0) is 44.0 Å². The van der Waals surface area contributed by atoms with E-state index >= 15 is 0 Å². The predicted molar refractivity (Wildman–Crippen MR) is 131 cm³/mol. The molecule has 1 fully saturated rings. The van der Waals surface area contributed by atoms with Crippen molar-refractivity contribution in [1.29, 1.82) is 0 Å². The average molecular weight is 461 g/mol. The number of amides is 2. The third-order valence-corrected chi connectivity index (χ3v) is 7.56. The molecule has 2 aliphatic rings. The molecule has 3 aromatic rings. The third kappa shape index (κ3) is 4.30. The van der Waals surface area contributed by atoms with Gasteiger partial charge < -0.3 is 4.90 Å². The van der Waals surface area contributed by atoms with E-state index in [2.05, 4.69) is 45.1 Å². The summed E-state index contributed by atoms with van der Waals surface area (Å²) in [6.07, 6.45) is 3.94. The van der Waals surface area contributed by atoms with Gasteiger partial charge in [0.15, 0.2) is 0 Å². The Labute approximate surface area is 198 Å². The molecular weight excluding hydrogens is 432 g/mol. The summed E-state index contributed by atoms with van der Waals surface area (Å²) < 4.78 is 0. The number of fused-ring (bicyclic) bond motifs is 1. The molecule has 3 heterocycles. The number of imide groups is 1. The lowest BCUT2D eigenvalue weighted by molar-refractivity contribution is 0.0595. The second-order valence-corrected chi connectivity index (χ2v) is 9.57. The van der Waals surface area contributed by atoms with Crippen LogP contribution in [0, 0.1) is 0 Å². The zero-order valence-electron chi connectivity index (χ0n) is 18.8. The molecule has 7 heteroatoms. The molecule has 2 aromatic carbocycles. The van der Waals surface area contributed by atoms with Crippen LogP contribution in [0.1, 0.15) is 50.7 Å². The van der Waals surface area contributed by atoms with E-state index in [-0.39, 0.29) is 17.9 Å². The van der Waals surface area contributed by atoms with Gasteiger partial charge in [0.25, 0.3) is 11.8 Å². The monoisotopic (exact) mass is 460 g/mol. The van der Waals surface area contributed by atoms with E-state index < -0.39 is 0 Å². The lowest BCUT2D eigenvalue weighted by Crippen LogP contribution is -2.47. The number of thiazole rings is 1. The van der Waals surface area contributed by atoms with Crippen molar-refractivity contribution in [2.45, 2.75) is 25.8 Å². The molecule has 0 radical (unpaired) electrons. The molecule has 6 nitrogen and oxygen atoms in total. The van der Waals surface area contributed by atoms with Crippen molar-refractivity contribution in [3.63, 3.8) is 0 Å². The van der Waals surface area contributed by atoms with E-state index in [1.165, 1.54) is 21.8 Å². The first-order valence-corrected chi connectivity index (χ1v) is 12.4. The van der Waals surface area contributed by atoms with Gasteiger partial charge in [0.2, 0.25) is 0 Å². The van der Waals surface area contributed by atoms with E-state index in [4.69, 9.17) is 0 Å². The first kappa shape index (κ1) is 21.8. The van der Waals surface area contributed by atoms with Crippen LogP contribution in [0.4, 0.5) is 5.69 Å². The minimum Gasteiger partial charge on any atom is -0.368 e. The standard InChI is InChI=1S/C26H28N4O2S/c1-19(24-27-12-18-33-24)30-25(31)21-10-5-11-22(23(21)26(30)32)29-16-14-28(15-17-29)13-6-9-20-7-3-2-4-8-20/h2-5,7-8,10-12,18-19H,6,9,13-17H2,1H3/t19-/m1/s1. The van der Waals surface area contributed by atoms with Crippen LogP contribution in [-0.2, 0) is 6.42 Å². The maximum atomic E-state index is 13.4.